The molecule has 2 aromatic rings. The molecule has 0 atom stereocenters. The maximum atomic E-state index is 10.9. The normalized spacial score (nSPS) is 17.0. The highest BCUT2D eigenvalue weighted by Gasteiger charge is 2.34. The number of benzene rings is 1. The predicted octanol–water partition coefficient (Wildman–Crippen LogP) is 3.09. The van der Waals surface area contributed by atoms with Crippen molar-refractivity contribution in [2.75, 3.05) is 18.0 Å². The minimum absolute atomic E-state index is 0.600. The summed E-state index contributed by atoms with van der Waals surface area (Å²) in [6, 6.07) is 13.0. The Kier molecular flexibility index (Phi) is 4.02. The van der Waals surface area contributed by atoms with Crippen LogP contribution in [-0.2, 0) is 5.60 Å². The van der Waals surface area contributed by atoms with Crippen LogP contribution in [-0.4, -0.2) is 23.2 Å². The summed E-state index contributed by atoms with van der Waals surface area (Å²) >= 11 is 5.90. The van der Waals surface area contributed by atoms with Gasteiger partial charge >= 0.3 is 0 Å². The van der Waals surface area contributed by atoms with Crippen LogP contribution in [0.3, 0.4) is 0 Å². The van der Waals surface area contributed by atoms with E-state index in [0.29, 0.717) is 36.5 Å². The molecule has 3 rings (SSSR count). The predicted molar refractivity (Wildman–Crippen MR) is 85.7 cm³/mol. The lowest BCUT2D eigenvalue weighted by Gasteiger charge is -2.39. The Morgan fingerprint density at radius 2 is 1.86 bits per heavy atom. The van der Waals surface area contributed by atoms with E-state index >= 15 is 0 Å². The summed E-state index contributed by atoms with van der Waals surface area (Å²) in [6.07, 6.45) is 2.88. The number of halogens is 1. The Morgan fingerprint density at radius 3 is 2.50 bits per heavy atom. The first kappa shape index (κ1) is 14.8. The third-order valence-corrected chi connectivity index (χ3v) is 4.42. The number of hydrogen-bond acceptors (Lipinski definition) is 4. The molecule has 2 heterocycles. The summed E-state index contributed by atoms with van der Waals surface area (Å²) in [5, 5.41) is 20.5. The fourth-order valence-corrected chi connectivity index (χ4v) is 2.94. The first-order valence-corrected chi connectivity index (χ1v) is 7.58. The van der Waals surface area contributed by atoms with Crippen LogP contribution >= 0.6 is 11.6 Å². The first-order valence-electron chi connectivity index (χ1n) is 7.20. The van der Waals surface area contributed by atoms with Crippen molar-refractivity contribution < 1.29 is 5.11 Å². The minimum atomic E-state index is -0.825. The number of nitrogens with zero attached hydrogens (tertiary/aromatic N) is 3. The van der Waals surface area contributed by atoms with E-state index in [1.807, 2.05) is 12.1 Å². The van der Waals surface area contributed by atoms with Gasteiger partial charge in [-0.2, -0.15) is 5.26 Å². The fourth-order valence-electron chi connectivity index (χ4n) is 2.82. The molecular formula is C17H16ClN3O. The number of hydrogen-bond donors (Lipinski definition) is 1. The standard InChI is InChI=1S/C17H16ClN3O/c18-15-3-1-14(2-4-15)17(22)6-9-21(10-7-17)16-11-13(12-19)5-8-20-16/h1-5,8,11,22H,6-7,9-10H2. The zero-order valence-corrected chi connectivity index (χ0v) is 12.8. The highest BCUT2D eigenvalue weighted by atomic mass is 35.5. The largest absolute Gasteiger partial charge is 0.385 e. The molecule has 0 amide bonds. The van der Waals surface area contributed by atoms with E-state index in [9.17, 15) is 5.11 Å². The van der Waals surface area contributed by atoms with Crippen molar-refractivity contribution in [3.8, 4) is 6.07 Å². The average molecular weight is 314 g/mol. The number of nitriles is 1. The topological polar surface area (TPSA) is 60.2 Å². The second-order valence-corrected chi connectivity index (χ2v) is 5.98. The monoisotopic (exact) mass is 313 g/mol. The van der Waals surface area contributed by atoms with Crippen LogP contribution in [0.2, 0.25) is 5.02 Å². The van der Waals surface area contributed by atoms with Gasteiger partial charge in [-0.1, -0.05) is 23.7 Å². The number of piperidine rings is 1. The lowest BCUT2D eigenvalue weighted by atomic mass is 9.84. The van der Waals surface area contributed by atoms with E-state index in [0.717, 1.165) is 11.4 Å². The van der Waals surface area contributed by atoms with Crippen LogP contribution in [0.25, 0.3) is 0 Å². The second kappa shape index (κ2) is 5.96. The van der Waals surface area contributed by atoms with Gasteiger partial charge < -0.3 is 10.0 Å². The van der Waals surface area contributed by atoms with Gasteiger partial charge in [0.2, 0.25) is 0 Å². The lowest BCUT2D eigenvalue weighted by molar-refractivity contribution is 0.0116. The molecule has 1 saturated heterocycles. The van der Waals surface area contributed by atoms with Crippen molar-refractivity contribution in [1.82, 2.24) is 4.98 Å². The van der Waals surface area contributed by atoms with Crippen molar-refractivity contribution in [1.29, 1.82) is 5.26 Å². The summed E-state index contributed by atoms with van der Waals surface area (Å²) < 4.78 is 0. The Morgan fingerprint density at radius 1 is 1.18 bits per heavy atom. The van der Waals surface area contributed by atoms with E-state index in [1.165, 1.54) is 0 Å². The van der Waals surface area contributed by atoms with E-state index in [-0.39, 0.29) is 0 Å². The van der Waals surface area contributed by atoms with Gasteiger partial charge in [-0.15, -0.1) is 0 Å². The third kappa shape index (κ3) is 2.92. The summed E-state index contributed by atoms with van der Waals surface area (Å²) in [7, 11) is 0. The minimum Gasteiger partial charge on any atom is -0.385 e. The number of anilines is 1. The first-order chi connectivity index (χ1) is 10.6. The summed E-state index contributed by atoms with van der Waals surface area (Å²) in [5.41, 5.74) is 0.673. The SMILES string of the molecule is N#Cc1ccnc(N2CCC(O)(c3ccc(Cl)cc3)CC2)c1. The van der Waals surface area contributed by atoms with Crippen molar-refractivity contribution in [3.05, 3.63) is 58.7 Å². The smallest absolute Gasteiger partial charge is 0.129 e. The maximum Gasteiger partial charge on any atom is 0.129 e. The number of aromatic nitrogens is 1. The van der Waals surface area contributed by atoms with Crippen LogP contribution in [0.15, 0.2) is 42.6 Å². The zero-order valence-electron chi connectivity index (χ0n) is 12.0. The van der Waals surface area contributed by atoms with E-state index in [1.54, 1.807) is 30.5 Å². The highest BCUT2D eigenvalue weighted by Crippen LogP contribution is 2.34. The number of rotatable bonds is 2. The molecule has 5 heteroatoms. The van der Waals surface area contributed by atoms with Crippen LogP contribution in [0.4, 0.5) is 5.82 Å². The van der Waals surface area contributed by atoms with Crippen molar-refractivity contribution in [3.63, 3.8) is 0 Å². The lowest BCUT2D eigenvalue weighted by Crippen LogP contribution is -2.43. The van der Waals surface area contributed by atoms with E-state index in [4.69, 9.17) is 16.9 Å². The highest BCUT2D eigenvalue weighted by molar-refractivity contribution is 6.30. The molecule has 0 aliphatic carbocycles. The molecular weight excluding hydrogens is 298 g/mol. The van der Waals surface area contributed by atoms with Crippen molar-refractivity contribution in [2.45, 2.75) is 18.4 Å². The summed E-state index contributed by atoms with van der Waals surface area (Å²) in [6.45, 7) is 1.39. The molecule has 0 bridgehead atoms. The molecule has 1 aliphatic rings. The zero-order chi connectivity index (χ0) is 15.6. The Bertz CT molecular complexity index is 701. The van der Waals surface area contributed by atoms with Gasteiger partial charge in [0, 0.05) is 24.3 Å². The van der Waals surface area contributed by atoms with E-state index in [2.05, 4.69) is 16.0 Å². The molecule has 0 spiro atoms. The molecule has 112 valence electrons. The Hall–Kier alpha value is -2.09. The number of pyridine rings is 1. The Labute approximate surface area is 134 Å². The Balaban J connectivity index is 1.74. The van der Waals surface area contributed by atoms with Gasteiger partial charge in [0.15, 0.2) is 0 Å². The molecule has 22 heavy (non-hydrogen) atoms. The maximum absolute atomic E-state index is 10.9. The second-order valence-electron chi connectivity index (χ2n) is 5.54. The summed E-state index contributed by atoms with van der Waals surface area (Å²) in [4.78, 5) is 6.42. The van der Waals surface area contributed by atoms with Gasteiger partial charge in [-0.3, -0.25) is 0 Å². The molecule has 1 aromatic carbocycles. The molecule has 1 aliphatic heterocycles. The fraction of sp³-hybridized carbons (Fsp3) is 0.294. The van der Waals surface area contributed by atoms with Crippen LogP contribution in [0.5, 0.6) is 0 Å². The van der Waals surface area contributed by atoms with Gasteiger partial charge in [0.25, 0.3) is 0 Å². The van der Waals surface area contributed by atoms with Crippen LogP contribution in [0.1, 0.15) is 24.0 Å². The molecule has 1 fully saturated rings. The van der Waals surface area contributed by atoms with Gasteiger partial charge in [0.05, 0.1) is 17.2 Å². The molecule has 1 aromatic heterocycles. The van der Waals surface area contributed by atoms with Crippen molar-refractivity contribution in [2.24, 2.45) is 0 Å². The van der Waals surface area contributed by atoms with E-state index < -0.39 is 5.60 Å². The van der Waals surface area contributed by atoms with Crippen molar-refractivity contribution >= 4 is 17.4 Å². The average Bonchev–Trinajstić information content (AvgIpc) is 2.56. The third-order valence-electron chi connectivity index (χ3n) is 4.17. The van der Waals surface area contributed by atoms with Gasteiger partial charge in [-0.05, 0) is 42.7 Å². The van der Waals surface area contributed by atoms with Crippen LogP contribution in [0, 0.1) is 11.3 Å². The quantitative estimate of drug-likeness (QED) is 0.925. The molecule has 0 radical (unpaired) electrons. The molecule has 4 nitrogen and oxygen atoms in total. The number of aliphatic hydroxyl groups is 1. The van der Waals surface area contributed by atoms with Crippen LogP contribution < -0.4 is 4.90 Å². The molecule has 0 saturated carbocycles. The molecule has 0 unspecified atom stereocenters. The molecule has 1 N–H and O–H groups in total. The summed E-state index contributed by atoms with van der Waals surface area (Å²) in [5.74, 6) is 0.789. The van der Waals surface area contributed by atoms with Gasteiger partial charge in [0.1, 0.15) is 5.82 Å². The van der Waals surface area contributed by atoms with Gasteiger partial charge in [-0.25, -0.2) is 4.98 Å².